The molecular weight excluding hydrogens is 737 g/mol. The van der Waals surface area contributed by atoms with E-state index in [-0.39, 0.29) is 27.9 Å². The molecule has 0 atom stereocenters. The fourth-order valence-corrected chi connectivity index (χ4v) is 7.67. The van der Waals surface area contributed by atoms with Gasteiger partial charge in [0.05, 0.1) is 47.1 Å². The van der Waals surface area contributed by atoms with Gasteiger partial charge in [0, 0.05) is 29.1 Å². The number of hydrogen-bond donors (Lipinski definition) is 0. The van der Waals surface area contributed by atoms with Crippen molar-refractivity contribution in [3.63, 3.8) is 0 Å². The largest absolute Gasteiger partial charge is 0.458 e. The number of benzene rings is 8. The minimum atomic E-state index is -0.571. The number of nitrogens with zero attached hydrogens (tertiary/aromatic N) is 4. The highest BCUT2D eigenvalue weighted by molar-refractivity contribution is 6.09. The number of imidazole rings is 1. The van der Waals surface area contributed by atoms with Crippen molar-refractivity contribution in [3.05, 3.63) is 225 Å². The lowest BCUT2D eigenvalue weighted by Crippen LogP contribution is -2.31. The Labute approximate surface area is 361 Å². The molecule has 3 heterocycles. The van der Waals surface area contributed by atoms with Crippen molar-refractivity contribution in [2.24, 2.45) is 0 Å². The van der Waals surface area contributed by atoms with Crippen LogP contribution in [0.2, 0.25) is 0 Å². The number of rotatable bonds is 9. The van der Waals surface area contributed by atoms with Gasteiger partial charge in [-0.25, -0.2) is 4.98 Å². The molecule has 11 rings (SSSR count). The summed E-state index contributed by atoms with van der Waals surface area (Å²) >= 11 is 0. The average Bonchev–Trinajstić information content (AvgIpc) is 3.93. The smallest absolute Gasteiger partial charge is 0.269 e. The highest BCUT2D eigenvalue weighted by Gasteiger charge is 2.20. The van der Waals surface area contributed by atoms with Gasteiger partial charge in [0.25, 0.3) is 6.33 Å². The number of aromatic nitrogens is 4. The molecule has 0 unspecified atom stereocenters. The fourth-order valence-electron chi connectivity index (χ4n) is 7.67. The second-order valence-electron chi connectivity index (χ2n) is 13.9. The van der Waals surface area contributed by atoms with Crippen LogP contribution in [0.1, 0.15) is 13.7 Å². The highest BCUT2D eigenvalue weighted by atomic mass is 16.5. The van der Waals surface area contributed by atoms with Gasteiger partial charge < -0.3 is 9.47 Å². The molecule has 0 aliphatic heterocycles. The minimum Gasteiger partial charge on any atom is -0.458 e. The third-order valence-corrected chi connectivity index (χ3v) is 10.2. The van der Waals surface area contributed by atoms with E-state index in [1.807, 2.05) is 127 Å². The molecule has 0 radical (unpaired) electrons. The normalized spacial score (nSPS) is 13.7. The third-order valence-electron chi connectivity index (χ3n) is 10.2. The van der Waals surface area contributed by atoms with Crippen molar-refractivity contribution in [2.75, 3.05) is 0 Å². The highest BCUT2D eigenvalue weighted by Crippen LogP contribution is 2.37. The summed E-state index contributed by atoms with van der Waals surface area (Å²) in [6, 6.07) is 41.5. The first-order chi connectivity index (χ1) is 33.9. The number of pyridine rings is 1. The summed E-state index contributed by atoms with van der Waals surface area (Å²) < 4.78 is 105. The Bertz CT molecular complexity index is 3790. The van der Waals surface area contributed by atoms with E-state index >= 15 is 0 Å². The van der Waals surface area contributed by atoms with E-state index in [1.54, 1.807) is 33.5 Å². The van der Waals surface area contributed by atoms with E-state index < -0.39 is 60.4 Å². The monoisotopic (exact) mass is 782 g/mol. The van der Waals surface area contributed by atoms with Crippen LogP contribution in [0.3, 0.4) is 0 Å². The molecule has 0 aliphatic rings. The zero-order valence-electron chi connectivity index (χ0n) is 41.6. The summed E-state index contributed by atoms with van der Waals surface area (Å²) in [7, 11) is 0. The van der Waals surface area contributed by atoms with Gasteiger partial charge in [-0.15, -0.1) is 0 Å². The number of hydrogen-bond acceptors (Lipinski definition) is 3. The molecule has 3 aromatic heterocycles. The molecule has 60 heavy (non-hydrogen) atoms. The molecule has 0 N–H and O–H groups in total. The molecule has 6 heteroatoms. The van der Waals surface area contributed by atoms with E-state index in [0.29, 0.717) is 45.5 Å². The van der Waals surface area contributed by atoms with Crippen LogP contribution in [-0.4, -0.2) is 14.1 Å². The summed E-state index contributed by atoms with van der Waals surface area (Å²) in [5.74, 6) is 3.04. The molecule has 0 aliphatic carbocycles. The van der Waals surface area contributed by atoms with Gasteiger partial charge in [-0.1, -0.05) is 145 Å². The Kier molecular flexibility index (Phi) is 6.45. The van der Waals surface area contributed by atoms with Gasteiger partial charge in [0.1, 0.15) is 28.8 Å². The maximum absolute atomic E-state index is 9.00. The maximum Gasteiger partial charge on any atom is 0.269 e. The van der Waals surface area contributed by atoms with Gasteiger partial charge in [-0.05, 0) is 76.9 Å². The van der Waals surface area contributed by atoms with Crippen LogP contribution < -0.4 is 14.0 Å². The van der Waals surface area contributed by atoms with E-state index in [9.17, 15) is 0 Å². The molecule has 0 saturated carbocycles. The molecule has 0 saturated heterocycles. The van der Waals surface area contributed by atoms with Crippen LogP contribution in [0.15, 0.2) is 218 Å². The lowest BCUT2D eigenvalue weighted by molar-refractivity contribution is -0.571. The van der Waals surface area contributed by atoms with Crippen LogP contribution >= 0.6 is 0 Å². The second kappa shape index (κ2) is 14.9. The fraction of sp³-hybridized carbons (Fsp3) is 0. The maximum atomic E-state index is 9.00. The Morgan fingerprint density at radius 1 is 0.500 bits per heavy atom. The van der Waals surface area contributed by atoms with Crippen molar-refractivity contribution in [2.45, 2.75) is 0 Å². The first kappa shape index (κ1) is 25.9. The molecule has 0 amide bonds. The molecule has 8 aromatic carbocycles. The van der Waals surface area contributed by atoms with Gasteiger partial charge in [0.2, 0.25) is 0 Å². The molecule has 0 fully saturated rings. The van der Waals surface area contributed by atoms with E-state index in [2.05, 4.69) is 17.0 Å². The van der Waals surface area contributed by atoms with E-state index in [4.69, 9.17) is 28.2 Å². The average molecular weight is 783 g/mol. The molecular formula is C54H36N4O2. The van der Waals surface area contributed by atoms with Crippen LogP contribution in [-0.2, 0) is 0 Å². The van der Waals surface area contributed by atoms with Crippen molar-refractivity contribution in [1.29, 1.82) is 0 Å². The third kappa shape index (κ3) is 6.33. The second-order valence-corrected chi connectivity index (χ2v) is 13.9. The number of fused-ring (bicyclic) bond motifs is 4. The predicted octanol–water partition coefficient (Wildman–Crippen LogP) is 13.1. The quantitative estimate of drug-likeness (QED) is 0.108. The minimum absolute atomic E-state index is 0.136. The van der Waals surface area contributed by atoms with Crippen molar-refractivity contribution >= 4 is 32.8 Å². The Balaban J connectivity index is 1.05. The summed E-state index contributed by atoms with van der Waals surface area (Å²) in [5, 5.41) is 2.03. The summed E-state index contributed by atoms with van der Waals surface area (Å²) in [4.78, 5) is 4.76. The van der Waals surface area contributed by atoms with Crippen molar-refractivity contribution in [3.8, 4) is 62.4 Å². The summed E-state index contributed by atoms with van der Waals surface area (Å²) in [6.45, 7) is 0. The van der Waals surface area contributed by atoms with Crippen molar-refractivity contribution in [1.82, 2.24) is 14.1 Å². The van der Waals surface area contributed by atoms with Crippen molar-refractivity contribution < 1.29 is 27.7 Å². The van der Waals surface area contributed by atoms with Crippen LogP contribution in [0.4, 0.5) is 0 Å². The van der Waals surface area contributed by atoms with Gasteiger partial charge in [-0.3, -0.25) is 13.7 Å². The van der Waals surface area contributed by atoms with E-state index in [1.165, 1.54) is 0 Å². The van der Waals surface area contributed by atoms with Gasteiger partial charge in [0.15, 0.2) is 0 Å². The van der Waals surface area contributed by atoms with Crippen LogP contribution in [0, 0.1) is 6.33 Å². The first-order valence-corrected chi connectivity index (χ1v) is 19.1. The first-order valence-electron chi connectivity index (χ1n) is 24.1. The zero-order valence-corrected chi connectivity index (χ0v) is 31.6. The summed E-state index contributed by atoms with van der Waals surface area (Å²) in [5.41, 5.74) is 3.83. The molecule has 6 nitrogen and oxygen atoms in total. The molecule has 0 spiro atoms. The lowest BCUT2D eigenvalue weighted by atomic mass is 9.95. The zero-order chi connectivity index (χ0) is 48.5. The molecule has 284 valence electrons. The van der Waals surface area contributed by atoms with Crippen LogP contribution in [0.25, 0.3) is 72.3 Å². The summed E-state index contributed by atoms with van der Waals surface area (Å²) in [6.07, 6.45) is 5.15. The number of para-hydroxylation sites is 5. The Hall–Kier alpha value is -8.22. The van der Waals surface area contributed by atoms with Crippen LogP contribution in [0.5, 0.6) is 23.0 Å². The standard InChI is InChI=1S/C54H36N4O2/c1-4-16-38(17-5-1)45-25-15-26-46(39-18-6-2-7-19-39)54(45)57-37-56(50-28-12-13-29-51(50)57)40-20-14-23-42(34-40)60-43-30-31-48-47-24-10-11-27-49(47)58(52(48)35-43)53-36-44(32-33-55-53)59-41-21-8-3-9-22-41/h1-36H/i1D,2D,4D,5D,6D,7D,16D,17D,18D,19D. The lowest BCUT2D eigenvalue weighted by Gasteiger charge is -2.17. The van der Waals surface area contributed by atoms with Gasteiger partial charge >= 0.3 is 0 Å². The molecule has 11 aromatic rings. The SMILES string of the molecule is [2H]c1c([2H])c([2H])c(-c2cccc(-c3c([2H])c([2H])c([2H])c([2H])c3[2H])c2-[n+]2[c-]n(-c3cccc(Oc4ccc5c6ccccc6n(-c6cc(Oc7ccccc7)ccn6)c5c4)c3)c3ccccc32)c([2H])c1[2H]. The Morgan fingerprint density at radius 3 is 1.90 bits per heavy atom. The predicted molar refractivity (Wildman–Crippen MR) is 240 cm³/mol. The topological polar surface area (TPSA) is 45.1 Å². The molecule has 0 bridgehead atoms. The Morgan fingerprint density at radius 2 is 1.12 bits per heavy atom. The van der Waals surface area contributed by atoms with Gasteiger partial charge in [-0.2, -0.15) is 0 Å². The van der Waals surface area contributed by atoms with E-state index in [0.717, 1.165) is 21.8 Å². The number of ether oxygens (including phenoxy) is 2.